The van der Waals surface area contributed by atoms with Gasteiger partial charge in [0.1, 0.15) is 0 Å². The van der Waals surface area contributed by atoms with Crippen molar-refractivity contribution < 1.29 is 4.79 Å². The number of carbonyl (C=O) groups is 1. The first-order valence-corrected chi connectivity index (χ1v) is 6.23. The van der Waals surface area contributed by atoms with E-state index in [9.17, 15) is 4.79 Å². The fourth-order valence-corrected chi connectivity index (χ4v) is 2.96. The Balaban J connectivity index is 1.94. The molecule has 2 aliphatic rings. The molecule has 2 rings (SSSR count). The van der Waals surface area contributed by atoms with Gasteiger partial charge in [0, 0.05) is 25.0 Å². The van der Waals surface area contributed by atoms with Crippen LogP contribution in [0.4, 0.5) is 0 Å². The summed E-state index contributed by atoms with van der Waals surface area (Å²) in [5, 5.41) is 0. The minimum absolute atomic E-state index is 0.208. The number of likely N-dealkylation sites (tertiary alicyclic amines) is 1. The molecule has 0 aromatic carbocycles. The summed E-state index contributed by atoms with van der Waals surface area (Å²) in [6.07, 6.45) is 5.68. The molecular weight excluding hydrogens is 188 g/mol. The summed E-state index contributed by atoms with van der Waals surface area (Å²) in [6, 6.07) is 0.208. The first-order valence-electron chi connectivity index (χ1n) is 6.23. The molecule has 0 aromatic heterocycles. The molecule has 3 heteroatoms. The van der Waals surface area contributed by atoms with Crippen LogP contribution in [0.1, 0.15) is 39.0 Å². The molecule has 0 aromatic rings. The number of amides is 1. The average Bonchev–Trinajstić information content (AvgIpc) is 2.63. The van der Waals surface area contributed by atoms with Gasteiger partial charge in [-0.3, -0.25) is 4.79 Å². The van der Waals surface area contributed by atoms with Gasteiger partial charge in [0.05, 0.1) is 0 Å². The highest BCUT2D eigenvalue weighted by molar-refractivity contribution is 5.79. The maximum atomic E-state index is 12.2. The Morgan fingerprint density at radius 3 is 2.67 bits per heavy atom. The maximum absolute atomic E-state index is 12.2. The lowest BCUT2D eigenvalue weighted by Crippen LogP contribution is -2.48. The van der Waals surface area contributed by atoms with E-state index in [1.807, 2.05) is 4.90 Å². The molecule has 1 aliphatic carbocycles. The van der Waals surface area contributed by atoms with Crippen LogP contribution >= 0.6 is 0 Å². The van der Waals surface area contributed by atoms with Gasteiger partial charge in [0.25, 0.3) is 0 Å². The van der Waals surface area contributed by atoms with E-state index in [1.165, 1.54) is 12.8 Å². The van der Waals surface area contributed by atoms with Crippen LogP contribution in [0.25, 0.3) is 0 Å². The summed E-state index contributed by atoms with van der Waals surface area (Å²) < 4.78 is 0. The number of carbonyl (C=O) groups excluding carboxylic acids is 1. The monoisotopic (exact) mass is 210 g/mol. The van der Waals surface area contributed by atoms with E-state index < -0.39 is 0 Å². The molecule has 15 heavy (non-hydrogen) atoms. The Kier molecular flexibility index (Phi) is 3.29. The van der Waals surface area contributed by atoms with Crippen molar-refractivity contribution >= 4 is 5.91 Å². The zero-order chi connectivity index (χ0) is 10.8. The Morgan fingerprint density at radius 2 is 2.07 bits per heavy atom. The van der Waals surface area contributed by atoms with Crippen LogP contribution in [0.2, 0.25) is 0 Å². The quantitative estimate of drug-likeness (QED) is 0.710. The lowest BCUT2D eigenvalue weighted by atomic mass is 9.95. The zero-order valence-electron chi connectivity index (χ0n) is 9.61. The zero-order valence-corrected chi connectivity index (χ0v) is 9.61. The summed E-state index contributed by atoms with van der Waals surface area (Å²) in [6.45, 7) is 3.91. The van der Waals surface area contributed by atoms with Crippen LogP contribution in [0.3, 0.4) is 0 Å². The van der Waals surface area contributed by atoms with E-state index in [1.54, 1.807) is 0 Å². The van der Waals surface area contributed by atoms with Crippen molar-refractivity contribution in [1.82, 2.24) is 4.90 Å². The second-order valence-electron chi connectivity index (χ2n) is 5.20. The molecule has 3 nitrogen and oxygen atoms in total. The summed E-state index contributed by atoms with van der Waals surface area (Å²) in [5.74, 6) is 1.24. The van der Waals surface area contributed by atoms with Crippen molar-refractivity contribution in [3.8, 4) is 0 Å². The topological polar surface area (TPSA) is 46.3 Å². The first kappa shape index (κ1) is 10.9. The van der Waals surface area contributed by atoms with E-state index in [-0.39, 0.29) is 12.0 Å². The summed E-state index contributed by atoms with van der Waals surface area (Å²) in [5.41, 5.74) is 5.90. The molecule has 1 saturated carbocycles. The Labute approximate surface area is 92.0 Å². The predicted molar refractivity (Wildman–Crippen MR) is 60.3 cm³/mol. The molecule has 1 heterocycles. The number of nitrogens with zero attached hydrogens (tertiary/aromatic N) is 1. The number of rotatable bonds is 1. The fourth-order valence-electron chi connectivity index (χ4n) is 2.96. The average molecular weight is 210 g/mol. The molecule has 2 fully saturated rings. The highest BCUT2D eigenvalue weighted by atomic mass is 16.2. The first-order chi connectivity index (χ1) is 7.18. The van der Waals surface area contributed by atoms with Gasteiger partial charge < -0.3 is 10.6 Å². The Bertz CT molecular complexity index is 242. The van der Waals surface area contributed by atoms with E-state index in [0.717, 1.165) is 32.4 Å². The lowest BCUT2D eigenvalue weighted by molar-refractivity contribution is -0.137. The fraction of sp³-hybridized carbons (Fsp3) is 0.917. The third kappa shape index (κ3) is 2.33. The van der Waals surface area contributed by atoms with Crippen molar-refractivity contribution in [3.05, 3.63) is 0 Å². The third-order valence-electron chi connectivity index (χ3n) is 3.95. The number of nitrogens with two attached hydrogens (primary N) is 1. The van der Waals surface area contributed by atoms with Gasteiger partial charge in [-0.1, -0.05) is 13.3 Å². The number of hydrogen-bond acceptors (Lipinski definition) is 2. The molecule has 0 spiro atoms. The normalized spacial score (nSPS) is 36.9. The Hall–Kier alpha value is -0.570. The van der Waals surface area contributed by atoms with Gasteiger partial charge in [-0.05, 0) is 31.6 Å². The minimum Gasteiger partial charge on any atom is -0.341 e. The molecule has 1 aliphatic heterocycles. The highest BCUT2D eigenvalue weighted by Crippen LogP contribution is 2.33. The van der Waals surface area contributed by atoms with Gasteiger partial charge in [0.2, 0.25) is 5.91 Å². The standard InChI is InChI=1S/C12H22N2O/c1-9-4-2-6-11(9)12(15)14-7-3-5-10(13)8-14/h9-11H,2-8,13H2,1H3/t9?,10-,11?/m1/s1. The van der Waals surface area contributed by atoms with E-state index in [4.69, 9.17) is 5.73 Å². The minimum atomic E-state index is 0.208. The maximum Gasteiger partial charge on any atom is 0.226 e. The van der Waals surface area contributed by atoms with Crippen molar-refractivity contribution in [1.29, 1.82) is 0 Å². The highest BCUT2D eigenvalue weighted by Gasteiger charge is 2.33. The molecule has 0 bridgehead atoms. The summed E-state index contributed by atoms with van der Waals surface area (Å²) in [7, 11) is 0. The SMILES string of the molecule is CC1CCCC1C(=O)N1CCC[C@@H](N)C1. The molecule has 86 valence electrons. The van der Waals surface area contributed by atoms with Gasteiger partial charge >= 0.3 is 0 Å². The van der Waals surface area contributed by atoms with Crippen LogP contribution in [0, 0.1) is 11.8 Å². The van der Waals surface area contributed by atoms with Gasteiger partial charge in [-0.25, -0.2) is 0 Å². The molecule has 3 atom stereocenters. The van der Waals surface area contributed by atoms with Crippen LogP contribution in [0.15, 0.2) is 0 Å². The third-order valence-corrected chi connectivity index (χ3v) is 3.95. The van der Waals surface area contributed by atoms with Crippen LogP contribution in [-0.4, -0.2) is 29.9 Å². The van der Waals surface area contributed by atoms with Crippen molar-refractivity contribution in [2.45, 2.75) is 45.1 Å². The van der Waals surface area contributed by atoms with Crippen molar-refractivity contribution in [2.75, 3.05) is 13.1 Å². The molecule has 2 N–H and O–H groups in total. The van der Waals surface area contributed by atoms with Crippen LogP contribution in [-0.2, 0) is 4.79 Å². The number of hydrogen-bond donors (Lipinski definition) is 1. The van der Waals surface area contributed by atoms with Crippen molar-refractivity contribution in [3.63, 3.8) is 0 Å². The van der Waals surface area contributed by atoms with Gasteiger partial charge in [0.15, 0.2) is 0 Å². The second-order valence-corrected chi connectivity index (χ2v) is 5.20. The molecule has 1 saturated heterocycles. The van der Waals surface area contributed by atoms with E-state index >= 15 is 0 Å². The summed E-state index contributed by atoms with van der Waals surface area (Å²) in [4.78, 5) is 14.2. The smallest absolute Gasteiger partial charge is 0.226 e. The van der Waals surface area contributed by atoms with Crippen LogP contribution < -0.4 is 5.73 Å². The van der Waals surface area contributed by atoms with E-state index in [0.29, 0.717) is 11.8 Å². The second kappa shape index (κ2) is 4.52. The van der Waals surface area contributed by atoms with Gasteiger partial charge in [-0.15, -0.1) is 0 Å². The molecular formula is C12H22N2O. The molecule has 1 amide bonds. The van der Waals surface area contributed by atoms with E-state index in [2.05, 4.69) is 6.92 Å². The predicted octanol–water partition coefficient (Wildman–Crippen LogP) is 1.37. The molecule has 0 radical (unpaired) electrons. The lowest BCUT2D eigenvalue weighted by Gasteiger charge is -2.33. The Morgan fingerprint density at radius 1 is 1.27 bits per heavy atom. The number of piperidine rings is 1. The van der Waals surface area contributed by atoms with Crippen LogP contribution in [0.5, 0.6) is 0 Å². The van der Waals surface area contributed by atoms with Gasteiger partial charge in [-0.2, -0.15) is 0 Å². The largest absolute Gasteiger partial charge is 0.341 e. The van der Waals surface area contributed by atoms with Crippen molar-refractivity contribution in [2.24, 2.45) is 17.6 Å². The molecule has 2 unspecified atom stereocenters. The summed E-state index contributed by atoms with van der Waals surface area (Å²) >= 11 is 0.